The lowest BCUT2D eigenvalue weighted by atomic mass is 10.1. The second-order valence-corrected chi connectivity index (χ2v) is 3.97. The van der Waals surface area contributed by atoms with Crippen molar-refractivity contribution in [3.8, 4) is 6.07 Å². The van der Waals surface area contributed by atoms with Crippen LogP contribution in [0.25, 0.3) is 0 Å². The topological polar surface area (TPSA) is 70.4 Å². The maximum Gasteiger partial charge on any atom is 0.338 e. The summed E-state index contributed by atoms with van der Waals surface area (Å²) < 4.78 is 5.02. The van der Waals surface area contributed by atoms with Crippen LogP contribution in [0.2, 0.25) is 0 Å². The number of benzene rings is 1. The monoisotopic (exact) mass is 246 g/mol. The van der Waals surface area contributed by atoms with Gasteiger partial charge in [0, 0.05) is 14.1 Å². The maximum atomic E-state index is 11.7. The zero-order chi connectivity index (χ0) is 13.7. The number of ether oxygens (including phenoxy) is 1. The first-order valence-electron chi connectivity index (χ1n) is 5.38. The van der Waals surface area contributed by atoms with Crippen LogP contribution in [0.3, 0.4) is 0 Å². The van der Waals surface area contributed by atoms with Crippen LogP contribution in [0, 0.1) is 11.3 Å². The first kappa shape index (κ1) is 13.7. The van der Waals surface area contributed by atoms with Gasteiger partial charge in [0.15, 0.2) is 6.10 Å². The van der Waals surface area contributed by atoms with Gasteiger partial charge in [-0.05, 0) is 25.1 Å². The van der Waals surface area contributed by atoms with Crippen molar-refractivity contribution in [1.82, 2.24) is 4.90 Å². The number of nitriles is 1. The lowest BCUT2D eigenvalue weighted by Crippen LogP contribution is -2.34. The Labute approximate surface area is 106 Å². The van der Waals surface area contributed by atoms with Crippen LogP contribution < -0.4 is 0 Å². The van der Waals surface area contributed by atoms with Crippen LogP contribution in [0.1, 0.15) is 22.8 Å². The minimum atomic E-state index is -0.849. The van der Waals surface area contributed by atoms with Crippen molar-refractivity contribution in [3.63, 3.8) is 0 Å². The second-order valence-electron chi connectivity index (χ2n) is 3.97. The van der Waals surface area contributed by atoms with Crippen LogP contribution >= 0.6 is 0 Å². The molecule has 0 saturated carbocycles. The second kappa shape index (κ2) is 5.82. The highest BCUT2D eigenvalue weighted by atomic mass is 16.5. The summed E-state index contributed by atoms with van der Waals surface area (Å²) in [5, 5.41) is 8.72. The molecular formula is C13H14N2O3. The highest BCUT2D eigenvalue weighted by molar-refractivity contribution is 5.92. The molecule has 94 valence electrons. The molecule has 1 aromatic rings. The SMILES string of the molecule is C[C@H](OC(=O)c1cccc(C#N)c1)C(=O)N(C)C. The summed E-state index contributed by atoms with van der Waals surface area (Å²) in [5.41, 5.74) is 0.628. The number of carbonyl (C=O) groups is 2. The summed E-state index contributed by atoms with van der Waals surface area (Å²) in [6.45, 7) is 1.51. The fraction of sp³-hybridized carbons (Fsp3) is 0.308. The van der Waals surface area contributed by atoms with Gasteiger partial charge in [-0.3, -0.25) is 4.79 Å². The predicted octanol–water partition coefficient (Wildman–Crippen LogP) is 1.19. The number of carbonyl (C=O) groups excluding carboxylic acids is 2. The molecule has 18 heavy (non-hydrogen) atoms. The predicted molar refractivity (Wildman–Crippen MR) is 64.7 cm³/mol. The lowest BCUT2D eigenvalue weighted by molar-refractivity contribution is -0.137. The molecule has 0 aromatic heterocycles. The summed E-state index contributed by atoms with van der Waals surface area (Å²) in [7, 11) is 3.17. The molecule has 0 unspecified atom stereocenters. The number of hydrogen-bond acceptors (Lipinski definition) is 4. The molecule has 0 aliphatic carbocycles. The lowest BCUT2D eigenvalue weighted by Gasteiger charge is -2.17. The van der Waals surface area contributed by atoms with Gasteiger partial charge < -0.3 is 9.64 Å². The van der Waals surface area contributed by atoms with Gasteiger partial charge in [-0.1, -0.05) is 6.07 Å². The third-order valence-corrected chi connectivity index (χ3v) is 2.30. The van der Waals surface area contributed by atoms with Crippen molar-refractivity contribution in [2.75, 3.05) is 14.1 Å². The third-order valence-electron chi connectivity index (χ3n) is 2.30. The average molecular weight is 246 g/mol. The van der Waals surface area contributed by atoms with E-state index in [4.69, 9.17) is 10.00 Å². The number of amides is 1. The molecule has 0 spiro atoms. The Morgan fingerprint density at radius 2 is 2.06 bits per heavy atom. The zero-order valence-corrected chi connectivity index (χ0v) is 10.5. The van der Waals surface area contributed by atoms with E-state index in [0.717, 1.165) is 0 Å². The first-order chi connectivity index (χ1) is 8.45. The summed E-state index contributed by atoms with van der Waals surface area (Å²) in [4.78, 5) is 24.6. The quantitative estimate of drug-likeness (QED) is 0.751. The standard InChI is InChI=1S/C13H14N2O3/c1-9(12(16)15(2)3)18-13(17)11-6-4-5-10(7-11)8-14/h4-7,9H,1-3H3/t9-/m0/s1. The van der Waals surface area contributed by atoms with Crippen molar-refractivity contribution in [2.45, 2.75) is 13.0 Å². The van der Waals surface area contributed by atoms with E-state index in [0.29, 0.717) is 5.56 Å². The fourth-order valence-corrected chi connectivity index (χ4v) is 1.36. The number of rotatable bonds is 3. The molecule has 1 rings (SSSR count). The largest absolute Gasteiger partial charge is 0.449 e. The number of esters is 1. The van der Waals surface area contributed by atoms with Gasteiger partial charge >= 0.3 is 5.97 Å². The molecule has 0 aliphatic heterocycles. The van der Waals surface area contributed by atoms with Crippen LogP contribution in [0.4, 0.5) is 0 Å². The minimum Gasteiger partial charge on any atom is -0.449 e. The summed E-state index contributed by atoms with van der Waals surface area (Å²) in [6, 6.07) is 8.08. The Morgan fingerprint density at radius 1 is 1.39 bits per heavy atom. The van der Waals surface area contributed by atoms with Crippen LogP contribution in [0.5, 0.6) is 0 Å². The summed E-state index contributed by atoms with van der Waals surface area (Å²) in [6.07, 6.45) is -0.849. The van der Waals surface area contributed by atoms with E-state index in [9.17, 15) is 9.59 Å². The van der Waals surface area contributed by atoms with Gasteiger partial charge in [-0.2, -0.15) is 5.26 Å². The molecule has 0 fully saturated rings. The van der Waals surface area contributed by atoms with Gasteiger partial charge in [0.25, 0.3) is 5.91 Å². The van der Waals surface area contributed by atoms with Gasteiger partial charge in [0.05, 0.1) is 17.2 Å². The highest BCUT2D eigenvalue weighted by Gasteiger charge is 2.20. The summed E-state index contributed by atoms with van der Waals surface area (Å²) in [5.74, 6) is -0.908. The van der Waals surface area contributed by atoms with Crippen molar-refractivity contribution in [1.29, 1.82) is 5.26 Å². The van der Waals surface area contributed by atoms with E-state index in [1.807, 2.05) is 6.07 Å². The third kappa shape index (κ3) is 3.32. The Morgan fingerprint density at radius 3 is 2.61 bits per heavy atom. The van der Waals surface area contributed by atoms with Crippen molar-refractivity contribution >= 4 is 11.9 Å². The van der Waals surface area contributed by atoms with E-state index >= 15 is 0 Å². The van der Waals surface area contributed by atoms with Crippen molar-refractivity contribution < 1.29 is 14.3 Å². The molecule has 5 heteroatoms. The normalized spacial score (nSPS) is 11.2. The highest BCUT2D eigenvalue weighted by Crippen LogP contribution is 2.08. The minimum absolute atomic E-state index is 0.257. The van der Waals surface area contributed by atoms with Crippen LogP contribution in [-0.4, -0.2) is 37.0 Å². The smallest absolute Gasteiger partial charge is 0.338 e. The Balaban J connectivity index is 2.77. The van der Waals surface area contributed by atoms with Gasteiger partial charge in [0.2, 0.25) is 0 Å². The maximum absolute atomic E-state index is 11.7. The van der Waals surface area contributed by atoms with Crippen LogP contribution in [0.15, 0.2) is 24.3 Å². The van der Waals surface area contributed by atoms with Gasteiger partial charge in [0.1, 0.15) is 0 Å². The molecule has 1 aromatic carbocycles. The zero-order valence-electron chi connectivity index (χ0n) is 10.5. The van der Waals surface area contributed by atoms with Gasteiger partial charge in [-0.25, -0.2) is 4.79 Å². The molecule has 0 radical (unpaired) electrons. The van der Waals surface area contributed by atoms with Crippen LogP contribution in [-0.2, 0) is 9.53 Å². The molecule has 0 aliphatic rings. The number of nitrogens with zero attached hydrogens (tertiary/aromatic N) is 2. The molecule has 1 atom stereocenters. The molecule has 0 heterocycles. The Kier molecular flexibility index (Phi) is 4.44. The summed E-state index contributed by atoms with van der Waals surface area (Å²) >= 11 is 0. The Hall–Kier alpha value is -2.35. The Bertz CT molecular complexity index is 503. The number of hydrogen-bond donors (Lipinski definition) is 0. The van der Waals surface area contributed by atoms with E-state index < -0.39 is 12.1 Å². The molecule has 0 saturated heterocycles. The fourth-order valence-electron chi connectivity index (χ4n) is 1.36. The van der Waals surface area contributed by atoms with E-state index in [1.54, 1.807) is 26.2 Å². The molecule has 5 nitrogen and oxygen atoms in total. The molecular weight excluding hydrogens is 232 g/mol. The van der Waals surface area contributed by atoms with E-state index in [2.05, 4.69) is 0 Å². The average Bonchev–Trinajstić information content (AvgIpc) is 2.37. The van der Waals surface area contributed by atoms with Gasteiger partial charge in [-0.15, -0.1) is 0 Å². The van der Waals surface area contributed by atoms with Crippen molar-refractivity contribution in [2.24, 2.45) is 0 Å². The number of likely N-dealkylation sites (N-methyl/N-ethyl adjacent to an activating group) is 1. The van der Waals surface area contributed by atoms with E-state index in [-0.39, 0.29) is 11.5 Å². The molecule has 0 N–H and O–H groups in total. The molecule has 1 amide bonds. The first-order valence-corrected chi connectivity index (χ1v) is 5.38. The van der Waals surface area contributed by atoms with Crippen molar-refractivity contribution in [3.05, 3.63) is 35.4 Å². The molecule has 0 bridgehead atoms. The van der Waals surface area contributed by atoms with E-state index in [1.165, 1.54) is 24.0 Å².